The second-order valence-corrected chi connectivity index (χ2v) is 5.05. The molecule has 0 amide bonds. The van der Waals surface area contributed by atoms with Crippen LogP contribution in [0.2, 0.25) is 0 Å². The molecule has 2 saturated carbocycles. The van der Waals surface area contributed by atoms with E-state index in [4.69, 9.17) is 5.11 Å². The maximum Gasteiger partial charge on any atom is 0.415 e. The Morgan fingerprint density at radius 2 is 1.56 bits per heavy atom. The lowest BCUT2D eigenvalue weighted by atomic mass is 9.98. The molecule has 0 radical (unpaired) electrons. The SMILES string of the molecule is OC(CNCC(C1CC1)C1CC1)C(F)(F)F. The summed E-state index contributed by atoms with van der Waals surface area (Å²) in [6, 6.07) is 0. The van der Waals surface area contributed by atoms with Gasteiger partial charge in [-0.1, -0.05) is 0 Å². The van der Waals surface area contributed by atoms with Crippen LogP contribution >= 0.6 is 0 Å². The van der Waals surface area contributed by atoms with Crippen LogP contribution in [0.3, 0.4) is 0 Å². The van der Waals surface area contributed by atoms with Gasteiger partial charge < -0.3 is 10.4 Å². The molecule has 2 rings (SSSR count). The van der Waals surface area contributed by atoms with E-state index in [-0.39, 0.29) is 6.54 Å². The van der Waals surface area contributed by atoms with Gasteiger partial charge in [0.1, 0.15) is 0 Å². The third-order valence-corrected chi connectivity index (χ3v) is 3.55. The average molecular weight is 237 g/mol. The molecule has 0 aromatic heterocycles. The number of rotatable bonds is 6. The van der Waals surface area contributed by atoms with Crippen LogP contribution in [0.25, 0.3) is 0 Å². The van der Waals surface area contributed by atoms with Crippen molar-refractivity contribution >= 4 is 0 Å². The van der Waals surface area contributed by atoms with Crippen molar-refractivity contribution in [2.75, 3.05) is 13.1 Å². The van der Waals surface area contributed by atoms with Crippen molar-refractivity contribution in [2.45, 2.75) is 38.0 Å². The Kier molecular flexibility index (Phi) is 3.45. The van der Waals surface area contributed by atoms with Gasteiger partial charge in [-0.25, -0.2) is 0 Å². The Morgan fingerprint density at radius 1 is 1.06 bits per heavy atom. The van der Waals surface area contributed by atoms with Crippen LogP contribution in [0.4, 0.5) is 13.2 Å². The molecule has 0 aromatic rings. The van der Waals surface area contributed by atoms with E-state index < -0.39 is 12.3 Å². The maximum absolute atomic E-state index is 12.0. The molecule has 2 fully saturated rings. The van der Waals surface area contributed by atoms with Crippen LogP contribution in [0, 0.1) is 17.8 Å². The summed E-state index contributed by atoms with van der Waals surface area (Å²) in [6.45, 7) is 0.252. The summed E-state index contributed by atoms with van der Waals surface area (Å²) in [5.74, 6) is 1.99. The summed E-state index contributed by atoms with van der Waals surface area (Å²) >= 11 is 0. The zero-order chi connectivity index (χ0) is 11.8. The number of alkyl halides is 3. The number of hydrogen-bond acceptors (Lipinski definition) is 2. The van der Waals surface area contributed by atoms with Crippen molar-refractivity contribution in [3.05, 3.63) is 0 Å². The van der Waals surface area contributed by atoms with Gasteiger partial charge in [-0.2, -0.15) is 13.2 Å². The smallest absolute Gasteiger partial charge is 0.382 e. The average Bonchev–Trinajstić information content (AvgIpc) is 2.99. The minimum absolute atomic E-state index is 0.376. The van der Waals surface area contributed by atoms with Gasteiger partial charge in [0.25, 0.3) is 0 Å². The molecule has 0 heterocycles. The van der Waals surface area contributed by atoms with Crippen LogP contribution in [-0.2, 0) is 0 Å². The molecule has 1 unspecified atom stereocenters. The Hall–Kier alpha value is -0.290. The summed E-state index contributed by atoms with van der Waals surface area (Å²) in [5, 5.41) is 11.6. The van der Waals surface area contributed by atoms with Crippen molar-refractivity contribution < 1.29 is 18.3 Å². The van der Waals surface area contributed by atoms with Gasteiger partial charge in [-0.05, 0) is 50.0 Å². The van der Waals surface area contributed by atoms with E-state index in [2.05, 4.69) is 5.32 Å². The standard InChI is InChI=1S/C11H18F3NO/c12-11(13,14)10(16)6-15-5-9(7-1-2-7)8-3-4-8/h7-10,15-16H,1-6H2. The molecule has 2 N–H and O–H groups in total. The quantitative estimate of drug-likeness (QED) is 0.740. The van der Waals surface area contributed by atoms with Crippen molar-refractivity contribution in [2.24, 2.45) is 17.8 Å². The van der Waals surface area contributed by atoms with Gasteiger partial charge in [0.05, 0.1) is 0 Å². The summed E-state index contributed by atoms with van der Waals surface area (Å²) in [6.07, 6.45) is -1.82. The predicted molar refractivity (Wildman–Crippen MR) is 53.9 cm³/mol. The van der Waals surface area contributed by atoms with E-state index >= 15 is 0 Å². The number of nitrogens with one attached hydrogen (secondary N) is 1. The number of aliphatic hydroxyl groups is 1. The van der Waals surface area contributed by atoms with E-state index in [0.717, 1.165) is 11.8 Å². The Labute approximate surface area is 93.2 Å². The van der Waals surface area contributed by atoms with Crippen LogP contribution in [0.5, 0.6) is 0 Å². The van der Waals surface area contributed by atoms with E-state index in [0.29, 0.717) is 12.5 Å². The molecular weight excluding hydrogens is 219 g/mol. The van der Waals surface area contributed by atoms with Crippen molar-refractivity contribution in [1.29, 1.82) is 0 Å². The topological polar surface area (TPSA) is 32.3 Å². The molecule has 2 aliphatic carbocycles. The monoisotopic (exact) mass is 237 g/mol. The lowest BCUT2D eigenvalue weighted by Gasteiger charge is -2.19. The second-order valence-electron chi connectivity index (χ2n) is 5.05. The van der Waals surface area contributed by atoms with E-state index in [1.54, 1.807) is 0 Å². The number of aliphatic hydroxyl groups excluding tert-OH is 1. The van der Waals surface area contributed by atoms with Crippen molar-refractivity contribution in [3.8, 4) is 0 Å². The molecule has 0 spiro atoms. The first-order valence-electron chi connectivity index (χ1n) is 5.94. The lowest BCUT2D eigenvalue weighted by Crippen LogP contribution is -2.40. The Bertz CT molecular complexity index is 224. The molecule has 0 saturated heterocycles. The highest BCUT2D eigenvalue weighted by Crippen LogP contribution is 2.48. The first-order chi connectivity index (χ1) is 7.48. The van der Waals surface area contributed by atoms with E-state index in [1.165, 1.54) is 25.7 Å². The van der Waals surface area contributed by atoms with Crippen molar-refractivity contribution in [1.82, 2.24) is 5.32 Å². The van der Waals surface area contributed by atoms with Gasteiger partial charge in [-0.15, -0.1) is 0 Å². The Morgan fingerprint density at radius 3 is 1.94 bits per heavy atom. The fourth-order valence-electron chi connectivity index (χ4n) is 2.27. The predicted octanol–water partition coefficient (Wildman–Crippen LogP) is 1.94. The van der Waals surface area contributed by atoms with Gasteiger partial charge in [0, 0.05) is 6.54 Å². The van der Waals surface area contributed by atoms with E-state index in [9.17, 15) is 13.2 Å². The highest BCUT2D eigenvalue weighted by atomic mass is 19.4. The fourth-order valence-corrected chi connectivity index (χ4v) is 2.27. The highest BCUT2D eigenvalue weighted by molar-refractivity contribution is 4.92. The number of halogens is 3. The van der Waals surface area contributed by atoms with Crippen LogP contribution in [0.1, 0.15) is 25.7 Å². The van der Waals surface area contributed by atoms with E-state index in [1.807, 2.05) is 0 Å². The van der Waals surface area contributed by atoms with Gasteiger partial charge in [0.15, 0.2) is 6.10 Å². The molecule has 0 aromatic carbocycles. The number of hydrogen-bond donors (Lipinski definition) is 2. The minimum Gasteiger partial charge on any atom is -0.382 e. The molecule has 0 bridgehead atoms. The first kappa shape index (κ1) is 12.2. The summed E-state index contributed by atoms with van der Waals surface area (Å²) in [7, 11) is 0. The van der Waals surface area contributed by atoms with Crippen LogP contribution < -0.4 is 5.32 Å². The fraction of sp³-hybridized carbons (Fsp3) is 1.00. The van der Waals surface area contributed by atoms with Gasteiger partial charge in [-0.3, -0.25) is 0 Å². The molecular formula is C11H18F3NO. The third kappa shape index (κ3) is 3.35. The molecule has 5 heteroatoms. The van der Waals surface area contributed by atoms with Crippen LogP contribution in [-0.4, -0.2) is 30.5 Å². The largest absolute Gasteiger partial charge is 0.415 e. The molecule has 2 aliphatic rings. The summed E-state index contributed by atoms with van der Waals surface area (Å²) in [5.41, 5.74) is 0. The normalized spacial score (nSPS) is 23.8. The Balaban J connectivity index is 1.66. The zero-order valence-electron chi connectivity index (χ0n) is 9.13. The first-order valence-corrected chi connectivity index (χ1v) is 5.94. The third-order valence-electron chi connectivity index (χ3n) is 3.55. The maximum atomic E-state index is 12.0. The van der Waals surface area contributed by atoms with Crippen molar-refractivity contribution in [3.63, 3.8) is 0 Å². The summed E-state index contributed by atoms with van der Waals surface area (Å²) in [4.78, 5) is 0. The molecule has 2 nitrogen and oxygen atoms in total. The molecule has 16 heavy (non-hydrogen) atoms. The molecule has 0 aliphatic heterocycles. The summed E-state index contributed by atoms with van der Waals surface area (Å²) < 4.78 is 36.1. The zero-order valence-corrected chi connectivity index (χ0v) is 9.13. The molecule has 94 valence electrons. The minimum atomic E-state index is -4.50. The van der Waals surface area contributed by atoms with Gasteiger partial charge >= 0.3 is 6.18 Å². The van der Waals surface area contributed by atoms with Gasteiger partial charge in [0.2, 0.25) is 0 Å². The van der Waals surface area contributed by atoms with Crippen LogP contribution in [0.15, 0.2) is 0 Å². The molecule has 1 atom stereocenters. The second kappa shape index (κ2) is 4.53. The lowest BCUT2D eigenvalue weighted by molar-refractivity contribution is -0.201. The highest BCUT2D eigenvalue weighted by Gasteiger charge is 2.42.